The van der Waals surface area contributed by atoms with Gasteiger partial charge in [-0.05, 0) is 12.7 Å². The molecule has 0 aliphatic heterocycles. The fraction of sp³-hybridized carbons (Fsp3) is 0.867. The van der Waals surface area contributed by atoms with Crippen LogP contribution in [0.5, 0.6) is 0 Å². The molecule has 0 aromatic carbocycles. The molecule has 1 aromatic rings. The molecule has 0 spiro atoms. The van der Waals surface area contributed by atoms with Gasteiger partial charge in [0.1, 0.15) is 0 Å². The molecule has 1 aromatic heterocycles. The smallest absolute Gasteiger partial charge is 0.131 e. The number of thioether (sulfide) groups is 2. The minimum absolute atomic E-state index is 1.08. The fourth-order valence-corrected chi connectivity index (χ4v) is 4.59. The molecule has 0 atom stereocenters. The van der Waals surface area contributed by atoms with Crippen LogP contribution < -0.4 is 0 Å². The molecule has 0 aliphatic rings. The Morgan fingerprint density at radius 3 is 1.90 bits per heavy atom. The van der Waals surface area contributed by atoms with Gasteiger partial charge in [-0.1, -0.05) is 99.6 Å². The van der Waals surface area contributed by atoms with Crippen LogP contribution in [0.3, 0.4) is 0 Å². The Balaban J connectivity index is 1.83. The zero-order valence-corrected chi connectivity index (χ0v) is 15.3. The Labute approximate surface area is 136 Å². The summed E-state index contributed by atoms with van der Waals surface area (Å²) in [7, 11) is 0. The third kappa shape index (κ3) is 9.24. The van der Waals surface area contributed by atoms with Crippen LogP contribution >= 0.6 is 34.9 Å². The van der Waals surface area contributed by atoms with Gasteiger partial charge in [0.05, 0.1) is 0 Å². The lowest BCUT2D eigenvalue weighted by atomic mass is 10.1. The molecule has 0 amide bonds. The molecule has 0 radical (unpaired) electrons. The molecule has 0 N–H and O–H groups in total. The van der Waals surface area contributed by atoms with E-state index >= 15 is 0 Å². The summed E-state index contributed by atoms with van der Waals surface area (Å²) in [4.78, 5) is 0. The molecular formula is C15H28N2S3. The molecule has 20 heavy (non-hydrogen) atoms. The first-order valence-electron chi connectivity index (χ1n) is 7.87. The van der Waals surface area contributed by atoms with E-state index in [-0.39, 0.29) is 0 Å². The van der Waals surface area contributed by atoms with E-state index in [1.54, 1.807) is 23.1 Å². The SMILES string of the molecule is CCCCCCCCCCCCSc1nnc(SC)s1. The Morgan fingerprint density at radius 2 is 1.35 bits per heavy atom. The average molecular weight is 333 g/mol. The molecule has 0 saturated carbocycles. The van der Waals surface area contributed by atoms with E-state index in [0.717, 1.165) is 8.68 Å². The predicted molar refractivity (Wildman–Crippen MR) is 94.3 cm³/mol. The number of aromatic nitrogens is 2. The highest BCUT2D eigenvalue weighted by molar-refractivity contribution is 8.02. The largest absolute Gasteiger partial charge is 0.175 e. The number of hydrogen-bond acceptors (Lipinski definition) is 5. The standard InChI is InChI=1S/C15H28N2S3/c1-3-4-5-6-7-8-9-10-11-12-13-19-15-17-16-14(18-2)20-15/h3-13H2,1-2H3. The van der Waals surface area contributed by atoms with Gasteiger partial charge in [0.25, 0.3) is 0 Å². The minimum Gasteiger partial charge on any atom is -0.131 e. The van der Waals surface area contributed by atoms with Crippen molar-refractivity contribution >= 4 is 34.9 Å². The van der Waals surface area contributed by atoms with E-state index in [1.165, 1.54) is 70.0 Å². The number of unbranched alkanes of at least 4 members (excludes halogenated alkanes) is 9. The zero-order chi connectivity index (χ0) is 14.5. The van der Waals surface area contributed by atoms with Gasteiger partial charge in [0, 0.05) is 5.75 Å². The van der Waals surface area contributed by atoms with Gasteiger partial charge < -0.3 is 0 Å². The molecule has 116 valence electrons. The van der Waals surface area contributed by atoms with Crippen LogP contribution in [0.4, 0.5) is 0 Å². The van der Waals surface area contributed by atoms with Crippen molar-refractivity contribution < 1.29 is 0 Å². The summed E-state index contributed by atoms with van der Waals surface area (Å²) in [5, 5.41) is 8.30. The molecule has 5 heteroatoms. The third-order valence-corrected chi connectivity index (χ3v) is 6.40. The van der Waals surface area contributed by atoms with Gasteiger partial charge in [0.15, 0.2) is 8.68 Å². The number of rotatable bonds is 13. The highest BCUT2D eigenvalue weighted by Gasteiger charge is 2.02. The van der Waals surface area contributed by atoms with Crippen LogP contribution in [-0.2, 0) is 0 Å². The number of hydrogen-bond donors (Lipinski definition) is 0. The second-order valence-electron chi connectivity index (χ2n) is 5.07. The summed E-state index contributed by atoms with van der Waals surface area (Å²) >= 11 is 5.26. The molecule has 0 fully saturated rings. The van der Waals surface area contributed by atoms with E-state index < -0.39 is 0 Å². The first-order valence-corrected chi connectivity index (χ1v) is 10.9. The molecule has 0 saturated heterocycles. The Kier molecular flexibility index (Phi) is 11.9. The van der Waals surface area contributed by atoms with Crippen molar-refractivity contribution in [3.05, 3.63) is 0 Å². The second kappa shape index (κ2) is 13.0. The van der Waals surface area contributed by atoms with E-state index in [0.29, 0.717) is 0 Å². The van der Waals surface area contributed by atoms with Crippen molar-refractivity contribution in [2.24, 2.45) is 0 Å². The number of nitrogens with zero attached hydrogens (tertiary/aromatic N) is 2. The lowest BCUT2D eigenvalue weighted by Crippen LogP contribution is -1.84. The lowest BCUT2D eigenvalue weighted by Gasteiger charge is -2.01. The molecule has 0 aliphatic carbocycles. The Hall–Kier alpha value is 0.260. The maximum Gasteiger partial charge on any atom is 0.175 e. The summed E-state index contributed by atoms with van der Waals surface area (Å²) in [6.07, 6.45) is 16.1. The normalized spacial score (nSPS) is 11.1. The summed E-state index contributed by atoms with van der Waals surface area (Å²) in [5.74, 6) is 1.19. The molecule has 1 heterocycles. The zero-order valence-electron chi connectivity index (χ0n) is 12.9. The first kappa shape index (κ1) is 18.3. The molecular weight excluding hydrogens is 304 g/mol. The maximum absolute atomic E-state index is 4.18. The van der Waals surface area contributed by atoms with Crippen LogP contribution in [0.15, 0.2) is 8.68 Å². The van der Waals surface area contributed by atoms with Gasteiger partial charge in [-0.2, -0.15) is 0 Å². The molecule has 2 nitrogen and oxygen atoms in total. The lowest BCUT2D eigenvalue weighted by molar-refractivity contribution is 0.563. The quantitative estimate of drug-likeness (QED) is 0.314. The highest BCUT2D eigenvalue weighted by Crippen LogP contribution is 2.28. The maximum atomic E-state index is 4.18. The highest BCUT2D eigenvalue weighted by atomic mass is 32.2. The van der Waals surface area contributed by atoms with Crippen molar-refractivity contribution in [2.45, 2.75) is 79.8 Å². The van der Waals surface area contributed by atoms with Gasteiger partial charge in [0.2, 0.25) is 0 Å². The van der Waals surface area contributed by atoms with E-state index in [4.69, 9.17) is 0 Å². The second-order valence-corrected chi connectivity index (χ2v) is 8.44. The Bertz CT molecular complexity index is 329. The summed E-state index contributed by atoms with van der Waals surface area (Å²) in [6.45, 7) is 2.28. The molecule has 1 rings (SSSR count). The van der Waals surface area contributed by atoms with E-state index in [1.807, 2.05) is 11.8 Å². The van der Waals surface area contributed by atoms with Crippen molar-refractivity contribution in [1.82, 2.24) is 10.2 Å². The van der Waals surface area contributed by atoms with Crippen molar-refractivity contribution in [2.75, 3.05) is 12.0 Å². The van der Waals surface area contributed by atoms with Gasteiger partial charge >= 0.3 is 0 Å². The third-order valence-electron chi connectivity index (χ3n) is 3.29. The van der Waals surface area contributed by atoms with E-state index in [2.05, 4.69) is 23.4 Å². The molecule has 0 unspecified atom stereocenters. The van der Waals surface area contributed by atoms with Gasteiger partial charge in [-0.25, -0.2) is 0 Å². The van der Waals surface area contributed by atoms with E-state index in [9.17, 15) is 0 Å². The first-order chi connectivity index (χ1) is 9.86. The monoisotopic (exact) mass is 332 g/mol. The summed E-state index contributed by atoms with van der Waals surface area (Å²) in [6, 6.07) is 0. The summed E-state index contributed by atoms with van der Waals surface area (Å²) < 4.78 is 2.21. The van der Waals surface area contributed by atoms with Crippen LogP contribution in [-0.4, -0.2) is 22.2 Å². The Morgan fingerprint density at radius 1 is 0.800 bits per heavy atom. The average Bonchev–Trinajstić information content (AvgIpc) is 2.93. The van der Waals surface area contributed by atoms with Gasteiger partial charge in [-0.15, -0.1) is 10.2 Å². The van der Waals surface area contributed by atoms with Crippen molar-refractivity contribution in [3.63, 3.8) is 0 Å². The van der Waals surface area contributed by atoms with Crippen LogP contribution in [0.2, 0.25) is 0 Å². The van der Waals surface area contributed by atoms with Gasteiger partial charge in [-0.3, -0.25) is 0 Å². The fourth-order valence-electron chi connectivity index (χ4n) is 2.09. The van der Waals surface area contributed by atoms with Crippen LogP contribution in [0, 0.1) is 0 Å². The predicted octanol–water partition coefficient (Wildman–Crippen LogP) is 6.27. The van der Waals surface area contributed by atoms with Crippen LogP contribution in [0.25, 0.3) is 0 Å². The van der Waals surface area contributed by atoms with Crippen molar-refractivity contribution in [3.8, 4) is 0 Å². The molecule has 0 bridgehead atoms. The summed E-state index contributed by atoms with van der Waals surface area (Å²) in [5.41, 5.74) is 0. The van der Waals surface area contributed by atoms with Crippen LogP contribution in [0.1, 0.15) is 71.1 Å². The minimum atomic E-state index is 1.08. The van der Waals surface area contributed by atoms with Crippen molar-refractivity contribution in [1.29, 1.82) is 0 Å². The topological polar surface area (TPSA) is 25.8 Å².